The molecule has 0 radical (unpaired) electrons. The zero-order chi connectivity index (χ0) is 28.1. The number of primary amides is 1. The SMILES string of the molecule is NC(=O)C[C@H](NC(=O)c1c[nH]c(/C=C/C(=O)N2CCCCC2)c1-c1ccc(Cl)cc1F)c1ccc(F)c(Cl)c1. The highest BCUT2D eigenvalue weighted by Gasteiger charge is 2.25. The Morgan fingerprint density at radius 1 is 1.05 bits per heavy atom. The van der Waals surface area contributed by atoms with Gasteiger partial charge in [0.2, 0.25) is 11.8 Å². The third-order valence-electron chi connectivity index (χ3n) is 6.47. The Labute approximate surface area is 234 Å². The van der Waals surface area contributed by atoms with Crippen LogP contribution in [0.3, 0.4) is 0 Å². The van der Waals surface area contributed by atoms with E-state index in [2.05, 4.69) is 10.3 Å². The van der Waals surface area contributed by atoms with Crippen molar-refractivity contribution >= 4 is 47.0 Å². The van der Waals surface area contributed by atoms with Crippen LogP contribution in [0.2, 0.25) is 10.0 Å². The maximum atomic E-state index is 15.1. The maximum absolute atomic E-state index is 15.1. The molecule has 7 nitrogen and oxygen atoms in total. The van der Waals surface area contributed by atoms with Crippen LogP contribution in [0.15, 0.2) is 48.7 Å². The summed E-state index contributed by atoms with van der Waals surface area (Å²) in [5.74, 6) is -2.89. The number of nitrogens with zero attached hydrogens (tertiary/aromatic N) is 1. The van der Waals surface area contributed by atoms with Gasteiger partial charge in [-0.1, -0.05) is 29.3 Å². The van der Waals surface area contributed by atoms with Crippen LogP contribution in [0.5, 0.6) is 0 Å². The fraction of sp³-hybridized carbons (Fsp3) is 0.250. The van der Waals surface area contributed by atoms with E-state index in [9.17, 15) is 18.8 Å². The number of piperidine rings is 1. The van der Waals surface area contributed by atoms with Gasteiger partial charge in [0, 0.05) is 47.2 Å². The van der Waals surface area contributed by atoms with Gasteiger partial charge in [0.15, 0.2) is 0 Å². The highest BCUT2D eigenvalue weighted by molar-refractivity contribution is 6.31. The maximum Gasteiger partial charge on any atom is 0.253 e. The van der Waals surface area contributed by atoms with Crippen LogP contribution in [0.25, 0.3) is 17.2 Å². The number of halogens is 4. The van der Waals surface area contributed by atoms with Crippen molar-refractivity contribution in [2.45, 2.75) is 31.7 Å². The molecule has 0 spiro atoms. The minimum Gasteiger partial charge on any atom is -0.370 e. The molecule has 0 aliphatic carbocycles. The molecule has 1 fully saturated rings. The quantitative estimate of drug-likeness (QED) is 0.303. The van der Waals surface area contributed by atoms with E-state index in [0.717, 1.165) is 31.4 Å². The summed E-state index contributed by atoms with van der Waals surface area (Å²) in [6, 6.07) is 6.89. The Bertz CT molecular complexity index is 1430. The lowest BCUT2D eigenvalue weighted by Crippen LogP contribution is -2.34. The van der Waals surface area contributed by atoms with Crippen LogP contribution in [0, 0.1) is 11.6 Å². The standard InChI is InChI=1S/C28H26Cl2F2N4O3/c29-17-5-6-18(22(32)13-17)27-19(15-34-23(27)8-9-26(38)36-10-2-1-3-11-36)28(39)35-24(14-25(33)37)16-4-7-21(31)20(30)12-16/h4-9,12-13,15,24,34H,1-3,10-11,14H2,(H2,33,37)(H,35,39)/b9-8+/t24-/m0/s1. The highest BCUT2D eigenvalue weighted by Crippen LogP contribution is 2.33. The molecule has 4 rings (SSSR count). The second-order valence-corrected chi connectivity index (χ2v) is 10.0. The molecule has 0 bridgehead atoms. The van der Waals surface area contributed by atoms with Crippen molar-refractivity contribution in [1.29, 1.82) is 0 Å². The number of benzene rings is 2. The molecule has 3 amide bonds. The van der Waals surface area contributed by atoms with E-state index in [0.29, 0.717) is 24.3 Å². The summed E-state index contributed by atoms with van der Waals surface area (Å²) in [6.45, 7) is 1.32. The number of carbonyl (C=O) groups is 3. The lowest BCUT2D eigenvalue weighted by Gasteiger charge is -2.25. The normalized spacial score (nSPS) is 14.4. The Hall–Kier alpha value is -3.69. The summed E-state index contributed by atoms with van der Waals surface area (Å²) in [6.07, 6.45) is 6.90. The van der Waals surface area contributed by atoms with E-state index in [4.69, 9.17) is 28.9 Å². The molecule has 1 saturated heterocycles. The van der Waals surface area contributed by atoms with Crippen molar-refractivity contribution in [3.63, 3.8) is 0 Å². The molecule has 2 heterocycles. The van der Waals surface area contributed by atoms with Crippen molar-refractivity contribution in [3.05, 3.63) is 87.2 Å². The van der Waals surface area contributed by atoms with Crippen molar-refractivity contribution in [3.8, 4) is 11.1 Å². The van der Waals surface area contributed by atoms with E-state index < -0.39 is 29.5 Å². The number of aromatic amines is 1. The molecular formula is C28H26Cl2F2N4O3. The van der Waals surface area contributed by atoms with Gasteiger partial charge >= 0.3 is 0 Å². The monoisotopic (exact) mass is 574 g/mol. The van der Waals surface area contributed by atoms with Gasteiger partial charge in [-0.3, -0.25) is 14.4 Å². The molecule has 1 atom stereocenters. The van der Waals surface area contributed by atoms with Gasteiger partial charge in [-0.15, -0.1) is 0 Å². The largest absolute Gasteiger partial charge is 0.370 e. The lowest BCUT2D eigenvalue weighted by molar-refractivity contribution is -0.126. The third kappa shape index (κ3) is 6.85. The number of nitrogens with two attached hydrogens (primary N) is 1. The molecule has 2 aromatic carbocycles. The minimum atomic E-state index is -0.939. The van der Waals surface area contributed by atoms with Crippen LogP contribution >= 0.6 is 23.2 Å². The molecule has 1 aliphatic rings. The number of hydrogen-bond donors (Lipinski definition) is 3. The van der Waals surface area contributed by atoms with Crippen molar-refractivity contribution in [2.75, 3.05) is 13.1 Å². The number of rotatable bonds is 8. The smallest absolute Gasteiger partial charge is 0.253 e. The summed E-state index contributed by atoms with van der Waals surface area (Å²) >= 11 is 11.8. The van der Waals surface area contributed by atoms with Crippen molar-refractivity contribution < 1.29 is 23.2 Å². The Morgan fingerprint density at radius 2 is 1.79 bits per heavy atom. The lowest BCUT2D eigenvalue weighted by atomic mass is 9.98. The van der Waals surface area contributed by atoms with Crippen LogP contribution in [0.1, 0.15) is 53.3 Å². The van der Waals surface area contributed by atoms with Crippen LogP contribution in [0.4, 0.5) is 8.78 Å². The van der Waals surface area contributed by atoms with Crippen LogP contribution in [-0.4, -0.2) is 40.7 Å². The molecule has 4 N–H and O–H groups in total. The number of H-pyrrole nitrogens is 1. The molecule has 0 saturated carbocycles. The average molecular weight is 575 g/mol. The second kappa shape index (κ2) is 12.4. The second-order valence-electron chi connectivity index (χ2n) is 9.20. The van der Waals surface area contributed by atoms with Gasteiger partial charge in [-0.2, -0.15) is 0 Å². The topological polar surface area (TPSA) is 108 Å². The predicted molar refractivity (Wildman–Crippen MR) is 146 cm³/mol. The van der Waals surface area contributed by atoms with E-state index in [1.54, 1.807) is 4.90 Å². The van der Waals surface area contributed by atoms with Crippen molar-refractivity contribution in [1.82, 2.24) is 15.2 Å². The summed E-state index contributed by atoms with van der Waals surface area (Å²) < 4.78 is 28.8. The summed E-state index contributed by atoms with van der Waals surface area (Å²) in [5.41, 5.74) is 6.39. The third-order valence-corrected chi connectivity index (χ3v) is 7.00. The zero-order valence-electron chi connectivity index (χ0n) is 20.8. The fourth-order valence-corrected chi connectivity index (χ4v) is 4.87. The number of nitrogens with one attached hydrogen (secondary N) is 2. The van der Waals surface area contributed by atoms with Gasteiger partial charge in [-0.25, -0.2) is 8.78 Å². The molecule has 0 unspecified atom stereocenters. The number of carbonyl (C=O) groups excluding carboxylic acids is 3. The number of likely N-dealkylation sites (tertiary alicyclic amines) is 1. The molecule has 1 aromatic heterocycles. The molecule has 11 heteroatoms. The number of amides is 3. The first-order valence-corrected chi connectivity index (χ1v) is 13.1. The van der Waals surface area contributed by atoms with E-state index >= 15 is 4.39 Å². The molecule has 3 aromatic rings. The highest BCUT2D eigenvalue weighted by atomic mass is 35.5. The first-order chi connectivity index (χ1) is 18.6. The summed E-state index contributed by atoms with van der Waals surface area (Å²) in [5, 5.41) is 2.69. The van der Waals surface area contributed by atoms with Crippen LogP contribution < -0.4 is 11.1 Å². The molecular weight excluding hydrogens is 549 g/mol. The predicted octanol–water partition coefficient (Wildman–Crippen LogP) is 5.64. The van der Waals surface area contributed by atoms with Crippen LogP contribution in [-0.2, 0) is 9.59 Å². The van der Waals surface area contributed by atoms with Gasteiger partial charge in [0.05, 0.1) is 23.0 Å². The average Bonchev–Trinajstić information content (AvgIpc) is 3.32. The molecule has 1 aliphatic heterocycles. The first kappa shape index (κ1) is 28.3. The fourth-order valence-electron chi connectivity index (χ4n) is 4.53. The van der Waals surface area contributed by atoms with Crippen molar-refractivity contribution in [2.24, 2.45) is 5.73 Å². The number of hydrogen-bond acceptors (Lipinski definition) is 3. The zero-order valence-corrected chi connectivity index (χ0v) is 22.3. The summed E-state index contributed by atoms with van der Waals surface area (Å²) in [4.78, 5) is 42.6. The Morgan fingerprint density at radius 3 is 2.46 bits per heavy atom. The van der Waals surface area contributed by atoms with E-state index in [-0.39, 0.29) is 39.1 Å². The van der Waals surface area contributed by atoms with E-state index in [1.165, 1.54) is 42.6 Å². The summed E-state index contributed by atoms with van der Waals surface area (Å²) in [7, 11) is 0. The van der Waals surface area contributed by atoms with Gasteiger partial charge in [0.1, 0.15) is 11.6 Å². The minimum absolute atomic E-state index is 0.0453. The Balaban J connectivity index is 1.70. The molecule has 204 valence electrons. The molecule has 39 heavy (non-hydrogen) atoms. The number of aromatic nitrogens is 1. The van der Waals surface area contributed by atoms with Gasteiger partial charge in [-0.05, 0) is 61.2 Å². The Kier molecular flexibility index (Phi) is 9.04. The van der Waals surface area contributed by atoms with E-state index in [1.807, 2.05) is 0 Å². The van der Waals surface area contributed by atoms with Gasteiger partial charge in [0.25, 0.3) is 5.91 Å². The first-order valence-electron chi connectivity index (χ1n) is 12.3. The van der Waals surface area contributed by atoms with Gasteiger partial charge < -0.3 is 20.9 Å².